The van der Waals surface area contributed by atoms with E-state index < -0.39 is 6.10 Å². The van der Waals surface area contributed by atoms with Crippen molar-refractivity contribution in [2.24, 2.45) is 0 Å². The summed E-state index contributed by atoms with van der Waals surface area (Å²) in [7, 11) is 0. The molecule has 4 nitrogen and oxygen atoms in total. The van der Waals surface area contributed by atoms with Gasteiger partial charge in [-0.1, -0.05) is 60.1 Å². The summed E-state index contributed by atoms with van der Waals surface area (Å²) in [5.74, 6) is 0.630. The number of rotatable bonds is 8. The zero-order valence-electron chi connectivity index (χ0n) is 16.9. The molecule has 154 valence electrons. The van der Waals surface area contributed by atoms with Gasteiger partial charge in [0.1, 0.15) is 5.75 Å². The Morgan fingerprint density at radius 3 is 2.40 bits per heavy atom. The van der Waals surface area contributed by atoms with E-state index >= 15 is 0 Å². The monoisotopic (exact) mass is 420 g/mol. The first-order valence-corrected chi connectivity index (χ1v) is 10.6. The summed E-state index contributed by atoms with van der Waals surface area (Å²) < 4.78 is 6.05. The van der Waals surface area contributed by atoms with E-state index in [0.717, 1.165) is 24.2 Å². The number of aryl methyl sites for hydroxylation is 1. The molecule has 1 aliphatic heterocycles. The number of anilines is 1. The lowest BCUT2D eigenvalue weighted by molar-refractivity contribution is -0.134. The van der Waals surface area contributed by atoms with Gasteiger partial charge in [0, 0.05) is 17.3 Å². The normalized spacial score (nSPS) is 18.2. The molecular formula is C25H25ClN2O2. The van der Waals surface area contributed by atoms with Gasteiger partial charge in [-0.05, 0) is 61.3 Å². The third-order valence-electron chi connectivity index (χ3n) is 5.40. The summed E-state index contributed by atoms with van der Waals surface area (Å²) in [6.07, 6.45) is 0.421. The fraction of sp³-hybridized carbons (Fsp3) is 0.240. The smallest absolute Gasteiger partial charge is 0.270 e. The van der Waals surface area contributed by atoms with Crippen molar-refractivity contribution in [1.82, 2.24) is 5.32 Å². The molecule has 0 spiro atoms. The number of carbonyl (C=O) groups is 1. The lowest BCUT2D eigenvalue weighted by Crippen LogP contribution is -2.70. The molecule has 1 fully saturated rings. The average Bonchev–Trinajstić information content (AvgIpc) is 2.77. The molecule has 30 heavy (non-hydrogen) atoms. The van der Waals surface area contributed by atoms with E-state index in [-0.39, 0.29) is 11.9 Å². The van der Waals surface area contributed by atoms with E-state index in [1.807, 2.05) is 42.2 Å². The molecule has 1 aliphatic rings. The number of nitrogens with zero attached hydrogens (tertiary/aromatic N) is 1. The van der Waals surface area contributed by atoms with Gasteiger partial charge >= 0.3 is 0 Å². The Morgan fingerprint density at radius 2 is 1.67 bits per heavy atom. The SMILES string of the molecule is Cc1ccccc1N1C(=O)[C@@H](Oc2ccc(Cl)cc2)[C@@H]1CNCCc1ccccc1. The molecule has 3 aromatic carbocycles. The number of para-hydroxylation sites is 1. The number of benzene rings is 3. The van der Waals surface area contributed by atoms with Gasteiger partial charge in [-0.15, -0.1) is 0 Å². The van der Waals surface area contributed by atoms with Crippen LogP contribution in [0.15, 0.2) is 78.9 Å². The molecule has 0 saturated carbocycles. The zero-order valence-corrected chi connectivity index (χ0v) is 17.7. The van der Waals surface area contributed by atoms with Crippen LogP contribution < -0.4 is 15.0 Å². The Morgan fingerprint density at radius 1 is 0.967 bits per heavy atom. The van der Waals surface area contributed by atoms with Crippen LogP contribution in [0.5, 0.6) is 5.75 Å². The molecule has 1 N–H and O–H groups in total. The number of hydrogen-bond donors (Lipinski definition) is 1. The lowest BCUT2D eigenvalue weighted by atomic mass is 9.95. The second-order valence-electron chi connectivity index (χ2n) is 7.49. The van der Waals surface area contributed by atoms with E-state index in [1.165, 1.54) is 5.56 Å². The molecule has 1 amide bonds. The number of ether oxygens (including phenoxy) is 1. The van der Waals surface area contributed by atoms with Gasteiger partial charge in [-0.25, -0.2) is 0 Å². The molecule has 1 heterocycles. The molecule has 2 atom stereocenters. The zero-order chi connectivity index (χ0) is 20.9. The topological polar surface area (TPSA) is 41.6 Å². The molecule has 0 aromatic heterocycles. The van der Waals surface area contributed by atoms with Crippen molar-refractivity contribution in [3.05, 3.63) is 95.0 Å². The highest BCUT2D eigenvalue weighted by molar-refractivity contribution is 6.30. The van der Waals surface area contributed by atoms with Crippen molar-refractivity contribution in [2.45, 2.75) is 25.5 Å². The maximum atomic E-state index is 13.0. The number of nitrogens with one attached hydrogen (secondary N) is 1. The Bertz CT molecular complexity index is 992. The van der Waals surface area contributed by atoms with Gasteiger partial charge < -0.3 is 15.0 Å². The van der Waals surface area contributed by atoms with Crippen LogP contribution in [0.2, 0.25) is 5.02 Å². The van der Waals surface area contributed by atoms with E-state index in [0.29, 0.717) is 17.3 Å². The van der Waals surface area contributed by atoms with Crippen molar-refractivity contribution in [2.75, 3.05) is 18.0 Å². The second kappa shape index (κ2) is 9.33. The molecule has 5 heteroatoms. The minimum atomic E-state index is -0.519. The van der Waals surface area contributed by atoms with Gasteiger partial charge in [0.25, 0.3) is 5.91 Å². The predicted octanol–water partition coefficient (Wildman–Crippen LogP) is 4.64. The van der Waals surface area contributed by atoms with E-state index in [1.54, 1.807) is 24.3 Å². The summed E-state index contributed by atoms with van der Waals surface area (Å²) in [5, 5.41) is 4.15. The van der Waals surface area contributed by atoms with Crippen LogP contribution in [0.25, 0.3) is 0 Å². The van der Waals surface area contributed by atoms with Gasteiger partial charge in [-0.3, -0.25) is 4.79 Å². The Balaban J connectivity index is 1.45. The maximum Gasteiger partial charge on any atom is 0.270 e. The summed E-state index contributed by atoms with van der Waals surface area (Å²) in [5.41, 5.74) is 3.30. The fourth-order valence-electron chi connectivity index (χ4n) is 3.76. The minimum Gasteiger partial charge on any atom is -0.478 e. The predicted molar refractivity (Wildman–Crippen MR) is 121 cm³/mol. The van der Waals surface area contributed by atoms with Crippen LogP contribution in [0.3, 0.4) is 0 Å². The molecule has 1 saturated heterocycles. The van der Waals surface area contributed by atoms with Gasteiger partial charge in [0.05, 0.1) is 6.04 Å². The number of β-lactam (4-membered cyclic amide) rings is 1. The van der Waals surface area contributed by atoms with Crippen molar-refractivity contribution < 1.29 is 9.53 Å². The van der Waals surface area contributed by atoms with E-state index in [4.69, 9.17) is 16.3 Å². The van der Waals surface area contributed by atoms with Crippen molar-refractivity contribution in [1.29, 1.82) is 0 Å². The molecule has 0 aliphatic carbocycles. The van der Waals surface area contributed by atoms with E-state index in [2.05, 4.69) is 29.6 Å². The van der Waals surface area contributed by atoms with Gasteiger partial charge in [0.2, 0.25) is 0 Å². The lowest BCUT2D eigenvalue weighted by Gasteiger charge is -2.47. The Hall–Kier alpha value is -2.82. The minimum absolute atomic E-state index is 0.0193. The first-order chi connectivity index (χ1) is 14.6. The van der Waals surface area contributed by atoms with Gasteiger partial charge in [-0.2, -0.15) is 0 Å². The number of carbonyl (C=O) groups excluding carboxylic acids is 1. The molecule has 0 unspecified atom stereocenters. The molecular weight excluding hydrogens is 396 g/mol. The fourth-order valence-corrected chi connectivity index (χ4v) is 3.89. The van der Waals surface area contributed by atoms with Crippen LogP contribution in [0.1, 0.15) is 11.1 Å². The second-order valence-corrected chi connectivity index (χ2v) is 7.93. The summed E-state index contributed by atoms with van der Waals surface area (Å²) in [4.78, 5) is 14.9. The number of halogens is 1. The van der Waals surface area contributed by atoms with Gasteiger partial charge in [0.15, 0.2) is 6.10 Å². The highest BCUT2D eigenvalue weighted by Gasteiger charge is 2.50. The molecule has 3 aromatic rings. The van der Waals surface area contributed by atoms with Crippen LogP contribution in [0.4, 0.5) is 5.69 Å². The average molecular weight is 421 g/mol. The van der Waals surface area contributed by atoms with Crippen LogP contribution >= 0.6 is 11.6 Å². The standard InChI is InChI=1S/C25H25ClN2O2/c1-18-7-5-6-10-22(18)28-23(17-27-16-15-19-8-3-2-4-9-19)24(25(28)29)30-21-13-11-20(26)12-14-21/h2-14,23-24,27H,15-17H2,1H3/t23-,24-/m0/s1. The van der Waals surface area contributed by atoms with Crippen LogP contribution in [0, 0.1) is 6.92 Å². The highest BCUT2D eigenvalue weighted by Crippen LogP contribution is 2.33. The maximum absolute atomic E-state index is 13.0. The van der Waals surface area contributed by atoms with Crippen molar-refractivity contribution in [3.63, 3.8) is 0 Å². The first kappa shape index (κ1) is 20.5. The highest BCUT2D eigenvalue weighted by atomic mass is 35.5. The number of hydrogen-bond acceptors (Lipinski definition) is 3. The van der Waals surface area contributed by atoms with E-state index in [9.17, 15) is 4.79 Å². The van der Waals surface area contributed by atoms with Crippen LogP contribution in [-0.2, 0) is 11.2 Å². The third-order valence-corrected chi connectivity index (χ3v) is 5.65. The first-order valence-electron chi connectivity index (χ1n) is 10.2. The van der Waals surface area contributed by atoms with Crippen molar-refractivity contribution >= 4 is 23.2 Å². The van der Waals surface area contributed by atoms with Crippen LogP contribution in [-0.4, -0.2) is 31.1 Å². The Labute approximate surface area is 182 Å². The summed E-state index contributed by atoms with van der Waals surface area (Å²) >= 11 is 5.97. The quantitative estimate of drug-likeness (QED) is 0.426. The summed E-state index contributed by atoms with van der Waals surface area (Å²) in [6, 6.07) is 25.4. The largest absolute Gasteiger partial charge is 0.478 e. The molecule has 0 bridgehead atoms. The summed E-state index contributed by atoms with van der Waals surface area (Å²) in [6.45, 7) is 3.52. The molecule has 0 radical (unpaired) electrons. The van der Waals surface area contributed by atoms with Crippen molar-refractivity contribution in [3.8, 4) is 5.75 Å². The number of amides is 1. The third kappa shape index (κ3) is 4.50. The Kier molecular flexibility index (Phi) is 6.36. The molecule has 4 rings (SSSR count).